The predicted molar refractivity (Wildman–Crippen MR) is 113 cm³/mol. The van der Waals surface area contributed by atoms with Crippen LogP contribution in [0.3, 0.4) is 0 Å². The topological polar surface area (TPSA) is 88.7 Å². The molecule has 0 aliphatic carbocycles. The van der Waals surface area contributed by atoms with Crippen molar-refractivity contribution in [1.82, 2.24) is 9.88 Å². The Morgan fingerprint density at radius 2 is 1.84 bits per heavy atom. The Balaban J connectivity index is 1.86. The van der Waals surface area contributed by atoms with Crippen LogP contribution in [0.5, 0.6) is 11.5 Å². The molecule has 3 rings (SSSR count). The third kappa shape index (κ3) is 5.83. The van der Waals surface area contributed by atoms with E-state index in [9.17, 15) is 18.0 Å². The van der Waals surface area contributed by atoms with E-state index < -0.39 is 17.6 Å². The molecule has 0 saturated carbocycles. The molecule has 0 aliphatic rings. The maximum absolute atomic E-state index is 13.2. The molecule has 6 nitrogen and oxygen atoms in total. The van der Waals surface area contributed by atoms with Crippen molar-refractivity contribution in [2.45, 2.75) is 12.7 Å². The van der Waals surface area contributed by atoms with Crippen LogP contribution in [0.25, 0.3) is 11.3 Å². The summed E-state index contributed by atoms with van der Waals surface area (Å²) in [6.45, 7) is 0.363. The summed E-state index contributed by atoms with van der Waals surface area (Å²) in [5.41, 5.74) is 6.25. The number of aliphatic hydroxyl groups is 1. The van der Waals surface area contributed by atoms with Crippen LogP contribution in [0, 0.1) is 0 Å². The Bertz CT molecular complexity index is 1090. The number of nitrogens with two attached hydrogens (primary N) is 1. The fourth-order valence-electron chi connectivity index (χ4n) is 3.07. The fourth-order valence-corrected chi connectivity index (χ4v) is 3.07. The second-order valence-corrected chi connectivity index (χ2v) is 7.18. The minimum Gasteiger partial charge on any atom is -0.457 e. The van der Waals surface area contributed by atoms with E-state index in [1.165, 1.54) is 12.1 Å². The highest BCUT2D eigenvalue weighted by atomic mass is 19.4. The average molecular weight is 445 g/mol. The smallest absolute Gasteiger partial charge is 0.416 e. The minimum atomic E-state index is -4.48. The zero-order chi connectivity index (χ0) is 23.3. The number of halogens is 3. The van der Waals surface area contributed by atoms with Crippen molar-refractivity contribution in [3.63, 3.8) is 0 Å². The van der Waals surface area contributed by atoms with Crippen LogP contribution >= 0.6 is 0 Å². The van der Waals surface area contributed by atoms with E-state index in [2.05, 4.69) is 4.98 Å². The molecular formula is C23H22F3N3O3. The molecule has 3 N–H and O–H groups in total. The van der Waals surface area contributed by atoms with Crippen LogP contribution < -0.4 is 10.5 Å². The van der Waals surface area contributed by atoms with Crippen LogP contribution in [0.2, 0.25) is 0 Å². The summed E-state index contributed by atoms with van der Waals surface area (Å²) >= 11 is 0. The van der Waals surface area contributed by atoms with Gasteiger partial charge in [0.25, 0.3) is 5.91 Å². The lowest BCUT2D eigenvalue weighted by Crippen LogP contribution is -2.22. The SMILES string of the molecule is CN(CCO)Cc1cc(C(F)(F)F)ccc1Oc1ccc(-c2cccc(C(N)=O)n2)cc1. The highest BCUT2D eigenvalue weighted by Crippen LogP contribution is 2.35. The van der Waals surface area contributed by atoms with E-state index in [-0.39, 0.29) is 24.6 Å². The monoisotopic (exact) mass is 445 g/mol. The molecule has 0 bridgehead atoms. The molecule has 168 valence electrons. The molecule has 0 unspecified atom stereocenters. The number of hydrogen-bond donors (Lipinski definition) is 2. The molecule has 1 aromatic heterocycles. The summed E-state index contributed by atoms with van der Waals surface area (Å²) in [4.78, 5) is 17.2. The van der Waals surface area contributed by atoms with Gasteiger partial charge in [0, 0.05) is 24.2 Å². The minimum absolute atomic E-state index is 0.113. The van der Waals surface area contributed by atoms with E-state index >= 15 is 0 Å². The number of carbonyl (C=O) groups is 1. The highest BCUT2D eigenvalue weighted by Gasteiger charge is 2.31. The first kappa shape index (κ1) is 23.2. The summed E-state index contributed by atoms with van der Waals surface area (Å²) in [6, 6.07) is 15.0. The van der Waals surface area contributed by atoms with Crippen LogP contribution in [-0.4, -0.2) is 41.1 Å². The van der Waals surface area contributed by atoms with Gasteiger partial charge in [-0.2, -0.15) is 13.2 Å². The van der Waals surface area contributed by atoms with E-state index in [0.717, 1.165) is 17.7 Å². The summed E-state index contributed by atoms with van der Waals surface area (Å²) in [5.74, 6) is 0.0721. The molecule has 1 heterocycles. The Morgan fingerprint density at radius 1 is 1.12 bits per heavy atom. The molecule has 0 atom stereocenters. The van der Waals surface area contributed by atoms with E-state index in [1.807, 2.05) is 0 Å². The Morgan fingerprint density at radius 3 is 2.47 bits per heavy atom. The second-order valence-electron chi connectivity index (χ2n) is 7.18. The van der Waals surface area contributed by atoms with E-state index in [4.69, 9.17) is 15.6 Å². The standard InChI is InChI=1S/C23H22F3N3O3/c1-29(11-12-30)14-16-13-17(23(24,25)26)7-10-21(16)32-18-8-5-15(6-9-18)19-3-2-4-20(28-19)22(27)31/h2-10,13,30H,11-12,14H2,1H3,(H2,27,31). The third-order valence-corrected chi connectivity index (χ3v) is 4.69. The number of aliphatic hydroxyl groups excluding tert-OH is 1. The molecule has 32 heavy (non-hydrogen) atoms. The normalized spacial score (nSPS) is 11.6. The molecule has 0 radical (unpaired) electrons. The summed E-state index contributed by atoms with van der Waals surface area (Å²) in [6.07, 6.45) is -4.48. The molecule has 0 aliphatic heterocycles. The molecular weight excluding hydrogens is 423 g/mol. The number of aromatic nitrogens is 1. The van der Waals surface area contributed by atoms with Crippen molar-refractivity contribution < 1.29 is 27.8 Å². The number of alkyl halides is 3. The first-order chi connectivity index (χ1) is 15.2. The van der Waals surface area contributed by atoms with Crippen LogP contribution in [-0.2, 0) is 12.7 Å². The van der Waals surface area contributed by atoms with Gasteiger partial charge in [-0.1, -0.05) is 6.07 Å². The Kier molecular flexibility index (Phi) is 7.12. The quantitative estimate of drug-likeness (QED) is 0.546. The number of primary amides is 1. The van der Waals surface area contributed by atoms with Gasteiger partial charge < -0.3 is 15.6 Å². The van der Waals surface area contributed by atoms with Crippen molar-refractivity contribution in [3.8, 4) is 22.8 Å². The number of benzene rings is 2. The van der Waals surface area contributed by atoms with Crippen LogP contribution in [0.1, 0.15) is 21.6 Å². The summed E-state index contributed by atoms with van der Waals surface area (Å²) in [7, 11) is 1.70. The summed E-state index contributed by atoms with van der Waals surface area (Å²) in [5, 5.41) is 9.09. The fraction of sp³-hybridized carbons (Fsp3) is 0.217. The lowest BCUT2D eigenvalue weighted by molar-refractivity contribution is -0.137. The lowest BCUT2D eigenvalue weighted by atomic mass is 10.1. The number of amides is 1. The first-order valence-electron chi connectivity index (χ1n) is 9.72. The molecule has 0 saturated heterocycles. The van der Waals surface area contributed by atoms with Crippen molar-refractivity contribution in [2.24, 2.45) is 5.73 Å². The van der Waals surface area contributed by atoms with Gasteiger partial charge in [-0.15, -0.1) is 0 Å². The van der Waals surface area contributed by atoms with Gasteiger partial charge in [0.1, 0.15) is 17.2 Å². The van der Waals surface area contributed by atoms with Gasteiger partial charge in [-0.3, -0.25) is 9.69 Å². The lowest BCUT2D eigenvalue weighted by Gasteiger charge is -2.19. The number of rotatable bonds is 8. The van der Waals surface area contributed by atoms with Gasteiger partial charge in [0.05, 0.1) is 17.9 Å². The largest absolute Gasteiger partial charge is 0.457 e. The molecule has 1 amide bonds. The number of likely N-dealkylation sites (N-methyl/N-ethyl adjacent to an activating group) is 1. The zero-order valence-electron chi connectivity index (χ0n) is 17.3. The first-order valence-corrected chi connectivity index (χ1v) is 9.72. The zero-order valence-corrected chi connectivity index (χ0v) is 17.3. The predicted octanol–water partition coefficient (Wildman–Crippen LogP) is 4.08. The van der Waals surface area contributed by atoms with Gasteiger partial charge >= 0.3 is 6.18 Å². The van der Waals surface area contributed by atoms with Gasteiger partial charge in [0.15, 0.2) is 0 Å². The van der Waals surface area contributed by atoms with Gasteiger partial charge in [0.2, 0.25) is 0 Å². The van der Waals surface area contributed by atoms with Crippen molar-refractivity contribution >= 4 is 5.91 Å². The molecule has 9 heteroatoms. The van der Waals surface area contributed by atoms with Crippen molar-refractivity contribution in [3.05, 3.63) is 77.5 Å². The van der Waals surface area contributed by atoms with Gasteiger partial charge in [-0.25, -0.2) is 4.98 Å². The average Bonchev–Trinajstić information content (AvgIpc) is 2.75. The van der Waals surface area contributed by atoms with Crippen LogP contribution in [0.4, 0.5) is 13.2 Å². The van der Waals surface area contributed by atoms with Gasteiger partial charge in [-0.05, 0) is 61.6 Å². The van der Waals surface area contributed by atoms with E-state index in [0.29, 0.717) is 23.6 Å². The number of ether oxygens (including phenoxy) is 1. The molecule has 2 aromatic carbocycles. The molecule has 0 spiro atoms. The molecule has 3 aromatic rings. The molecule has 0 fully saturated rings. The summed E-state index contributed by atoms with van der Waals surface area (Å²) < 4.78 is 45.4. The Labute approximate surface area is 183 Å². The van der Waals surface area contributed by atoms with Crippen LogP contribution in [0.15, 0.2) is 60.7 Å². The number of hydrogen-bond acceptors (Lipinski definition) is 5. The maximum Gasteiger partial charge on any atom is 0.416 e. The third-order valence-electron chi connectivity index (χ3n) is 4.69. The number of nitrogens with zero attached hydrogens (tertiary/aromatic N) is 2. The second kappa shape index (κ2) is 9.80. The maximum atomic E-state index is 13.2. The van der Waals surface area contributed by atoms with Crippen molar-refractivity contribution in [2.75, 3.05) is 20.2 Å². The number of pyridine rings is 1. The van der Waals surface area contributed by atoms with E-state index in [1.54, 1.807) is 48.3 Å². The Hall–Kier alpha value is -3.43. The number of carbonyl (C=O) groups excluding carboxylic acids is 1. The highest BCUT2D eigenvalue weighted by molar-refractivity contribution is 5.91. The van der Waals surface area contributed by atoms with Crippen molar-refractivity contribution in [1.29, 1.82) is 0 Å².